The number of imide groups is 4. The van der Waals surface area contributed by atoms with Crippen molar-refractivity contribution in [2.45, 2.75) is 63.2 Å². The molecule has 0 saturated carbocycles. The van der Waals surface area contributed by atoms with Gasteiger partial charge in [0.25, 0.3) is 47.3 Å². The highest BCUT2D eigenvalue weighted by molar-refractivity contribution is 6.30. The van der Waals surface area contributed by atoms with E-state index in [1.165, 1.54) is 137 Å². The Balaban J connectivity index is 0.000000206. The summed E-state index contributed by atoms with van der Waals surface area (Å²) in [5.41, 5.74) is -13.1. The fourth-order valence-corrected chi connectivity index (χ4v) is 12.0. The average molecular weight is 1410 g/mol. The number of anilines is 4. The van der Waals surface area contributed by atoms with Gasteiger partial charge in [0.2, 0.25) is 10.8 Å². The molecule has 8 aromatic carbocycles. The van der Waals surface area contributed by atoms with Crippen LogP contribution in [0.25, 0.3) is 0 Å². The molecule has 0 aromatic heterocycles. The molecule has 4 aliphatic heterocycles. The first-order valence-electron chi connectivity index (χ1n) is 30.1. The van der Waals surface area contributed by atoms with Gasteiger partial charge in [-0.15, -0.1) is 0 Å². The van der Waals surface area contributed by atoms with Gasteiger partial charge in [0.05, 0.1) is 22.7 Å². The highest BCUT2D eigenvalue weighted by Gasteiger charge is 2.75. The van der Waals surface area contributed by atoms with Crippen LogP contribution in [-0.4, -0.2) is 72.0 Å². The van der Waals surface area contributed by atoms with E-state index in [2.05, 4.69) is 0 Å². The lowest BCUT2D eigenvalue weighted by Crippen LogP contribution is -2.55. The van der Waals surface area contributed by atoms with Crippen LogP contribution in [0.5, 0.6) is 46.0 Å². The molecule has 0 aliphatic carbocycles. The van der Waals surface area contributed by atoms with E-state index in [4.69, 9.17) is 18.9 Å². The molecular formula is C74H48F12N4O12. The number of nitrogens with zero attached hydrogens (tertiary/aromatic N) is 4. The van der Waals surface area contributed by atoms with Gasteiger partial charge in [-0.25, -0.2) is 19.6 Å². The number of carbonyl (C=O) groups excluding carboxylic acids is 8. The van der Waals surface area contributed by atoms with Crippen molar-refractivity contribution in [1.82, 2.24) is 0 Å². The number of hydrogen-bond donors (Lipinski definition) is 0. The zero-order chi connectivity index (χ0) is 73.8. The summed E-state index contributed by atoms with van der Waals surface area (Å²) in [6.07, 6.45) is -15.1. The van der Waals surface area contributed by atoms with Crippen molar-refractivity contribution >= 4 is 70.0 Å². The highest BCUT2D eigenvalue weighted by Crippen LogP contribution is 2.62. The van der Waals surface area contributed by atoms with Crippen molar-refractivity contribution in [3.05, 3.63) is 263 Å². The summed E-state index contributed by atoms with van der Waals surface area (Å²) < 4.78 is 206. The van der Waals surface area contributed by atoms with Gasteiger partial charge in [-0.2, -0.15) is 52.7 Å². The molecule has 0 fully saturated rings. The summed E-state index contributed by atoms with van der Waals surface area (Å²) in [5, 5.41) is 0. The lowest BCUT2D eigenvalue weighted by Gasteiger charge is -2.40. The minimum atomic E-state index is -6.04. The number of hydrogen-bond acceptors (Lipinski definition) is 12. The minimum Gasteiger partial charge on any atom is -0.457 e. The molecule has 0 radical (unpaired) electrons. The number of ether oxygens (including phenoxy) is 4. The number of rotatable bonds is 16. The summed E-state index contributed by atoms with van der Waals surface area (Å²) in [6, 6.07) is 31.9. The second-order valence-corrected chi connectivity index (χ2v) is 23.2. The van der Waals surface area contributed by atoms with Crippen LogP contribution in [0.15, 0.2) is 218 Å². The zero-order valence-corrected chi connectivity index (χ0v) is 53.0. The first kappa shape index (κ1) is 70.9. The summed E-state index contributed by atoms with van der Waals surface area (Å²) in [4.78, 5) is 99.5. The molecule has 0 unspecified atom stereocenters. The predicted molar refractivity (Wildman–Crippen MR) is 343 cm³/mol. The largest absolute Gasteiger partial charge is 0.457 e. The Morgan fingerprint density at radius 1 is 0.255 bits per heavy atom. The third kappa shape index (κ3) is 13.2. The molecule has 28 heteroatoms. The maximum atomic E-state index is 15.8. The van der Waals surface area contributed by atoms with Crippen molar-refractivity contribution in [1.29, 1.82) is 0 Å². The van der Waals surface area contributed by atoms with E-state index in [-0.39, 0.29) is 79.5 Å². The number of alkyl halides is 12. The zero-order valence-electron chi connectivity index (χ0n) is 53.0. The fourth-order valence-electron chi connectivity index (χ4n) is 12.0. The van der Waals surface area contributed by atoms with Gasteiger partial charge in [0, 0.05) is 59.7 Å². The molecule has 4 aliphatic rings. The van der Waals surface area contributed by atoms with Crippen molar-refractivity contribution in [3.63, 3.8) is 0 Å². The third-order valence-corrected chi connectivity index (χ3v) is 16.4. The van der Waals surface area contributed by atoms with Gasteiger partial charge in [-0.3, -0.25) is 38.4 Å². The smallest absolute Gasteiger partial charge is 0.411 e. The number of carbonyl (C=O) groups is 8. The highest BCUT2D eigenvalue weighted by atomic mass is 19.4. The third-order valence-electron chi connectivity index (χ3n) is 16.4. The Kier molecular flexibility index (Phi) is 18.6. The first-order valence-corrected chi connectivity index (χ1v) is 30.1. The molecule has 102 heavy (non-hydrogen) atoms. The van der Waals surface area contributed by atoms with Crippen molar-refractivity contribution in [3.8, 4) is 46.0 Å². The maximum absolute atomic E-state index is 15.8. The molecule has 12 rings (SSSR count). The van der Waals surface area contributed by atoms with Crippen LogP contribution in [0.3, 0.4) is 0 Å². The van der Waals surface area contributed by atoms with E-state index >= 15 is 26.3 Å². The quantitative estimate of drug-likeness (QED) is 0.0659. The van der Waals surface area contributed by atoms with Gasteiger partial charge in [0.15, 0.2) is 0 Å². The second kappa shape index (κ2) is 26.7. The van der Waals surface area contributed by atoms with Crippen LogP contribution in [0.1, 0.15) is 44.5 Å². The molecular weight excluding hydrogens is 1360 g/mol. The molecule has 0 atom stereocenters. The number of halogens is 12. The number of amides is 8. The van der Waals surface area contributed by atoms with Crippen LogP contribution in [0.2, 0.25) is 0 Å². The number of aryl methyl sites for hydroxylation is 4. The van der Waals surface area contributed by atoms with Crippen molar-refractivity contribution < 1.29 is 110 Å². The minimum absolute atomic E-state index is 0.0426. The van der Waals surface area contributed by atoms with Gasteiger partial charge in [-0.1, -0.05) is 59.7 Å². The average Bonchev–Trinajstić information content (AvgIpc) is 1.03. The summed E-state index contributed by atoms with van der Waals surface area (Å²) in [5.74, 6) is -6.36. The van der Waals surface area contributed by atoms with Crippen LogP contribution < -0.4 is 38.5 Å². The topological polar surface area (TPSA) is 186 Å². The van der Waals surface area contributed by atoms with E-state index in [0.29, 0.717) is 24.3 Å². The van der Waals surface area contributed by atoms with Crippen LogP contribution in [-0.2, 0) is 49.2 Å². The van der Waals surface area contributed by atoms with E-state index in [0.717, 1.165) is 105 Å². The Labute approximate surface area is 569 Å². The molecule has 0 spiro atoms. The van der Waals surface area contributed by atoms with Gasteiger partial charge in [-0.05, 0) is 171 Å². The summed E-state index contributed by atoms with van der Waals surface area (Å²) in [6.45, 7) is 5.35. The van der Waals surface area contributed by atoms with Crippen molar-refractivity contribution in [2.24, 2.45) is 0 Å². The lowest BCUT2D eigenvalue weighted by atomic mass is 9.70. The van der Waals surface area contributed by atoms with Gasteiger partial charge >= 0.3 is 24.7 Å². The lowest BCUT2D eigenvalue weighted by molar-refractivity contribution is -0.290. The normalized spacial score (nSPS) is 15.0. The molecule has 4 heterocycles. The second-order valence-electron chi connectivity index (χ2n) is 23.2. The number of benzene rings is 8. The Morgan fingerprint density at radius 2 is 0.451 bits per heavy atom. The van der Waals surface area contributed by atoms with E-state index in [1.807, 2.05) is 0 Å². The molecule has 520 valence electrons. The van der Waals surface area contributed by atoms with Gasteiger partial charge < -0.3 is 18.9 Å². The maximum Gasteiger partial charge on any atom is 0.411 e. The van der Waals surface area contributed by atoms with E-state index in [9.17, 15) is 64.7 Å². The Morgan fingerprint density at radius 3 is 0.657 bits per heavy atom. The van der Waals surface area contributed by atoms with Crippen LogP contribution >= 0.6 is 0 Å². The van der Waals surface area contributed by atoms with Crippen LogP contribution in [0.4, 0.5) is 75.4 Å². The van der Waals surface area contributed by atoms with E-state index < -0.39 is 117 Å². The Hall–Kier alpha value is -12.4. The van der Waals surface area contributed by atoms with E-state index in [1.54, 1.807) is 0 Å². The molecule has 0 N–H and O–H groups in total. The molecule has 0 saturated heterocycles. The first-order chi connectivity index (χ1) is 48.0. The standard InChI is InChI=1S/C39H28F6N2O6.C35H20F6N2O6/c1-21-17-23(3)35(52-27-9-5-25(6-10-27)46-31(48)13-14-32(46)49)29(19-21)37(38(40,41)42,39(43,44)45)30-20-22(2)18-24(4)36(30)53-28-11-7-26(8-12-28)47-33(50)15-16-34(47)51;36-34(37,38)33(35(39,40)41,21-1-9-25(10-2-21)48-27-13-5-23(6-14-27)42-29(44)17-18-30(42)45)22-3-11-26(12-4-22)49-28-15-7-24(8-16-28)43-31(46)19-20-32(43)47/h5-20H,1-4H3;1-20H. The summed E-state index contributed by atoms with van der Waals surface area (Å²) in [7, 11) is 0. The Bertz CT molecular complexity index is 4470. The molecule has 16 nitrogen and oxygen atoms in total. The monoisotopic (exact) mass is 1410 g/mol. The molecule has 8 amide bonds. The fraction of sp³-hybridized carbons (Fsp3) is 0.135. The predicted octanol–water partition coefficient (Wildman–Crippen LogP) is 16.3. The SMILES string of the molecule is Cc1cc(C)c(Oc2ccc(N3C(=O)C=CC3=O)cc2)c(C(c2cc(C)cc(C)c2Oc2ccc(N3C(=O)C=CC3=O)cc2)(C(F)(F)F)C(F)(F)F)c1.O=C1C=CC(=O)N1c1ccc(Oc2ccc(C(c3ccc(Oc4ccc(N5C(=O)C=CC5=O)cc4)cc3)(C(F)(F)F)C(F)(F)F)cc2)cc1. The van der Waals surface area contributed by atoms with Crippen LogP contribution in [0, 0.1) is 27.7 Å². The van der Waals surface area contributed by atoms with Crippen molar-refractivity contribution in [2.75, 3.05) is 19.6 Å². The van der Waals surface area contributed by atoms with Gasteiger partial charge in [0.1, 0.15) is 46.0 Å². The summed E-state index contributed by atoms with van der Waals surface area (Å²) >= 11 is 0. The molecule has 0 bridgehead atoms. The molecule has 8 aromatic rings.